The summed E-state index contributed by atoms with van der Waals surface area (Å²) in [6.45, 7) is 6.37. The minimum Gasteiger partial charge on any atom is -0.497 e. The van der Waals surface area contributed by atoms with Crippen LogP contribution in [0.2, 0.25) is 5.02 Å². The standard InChI is InChI=1S/C34H42ClFN4O6S/c1-21(2)31(23-8-6-9-24(35)18-23)32(37)33(41)39(34(42)46-5)30-11-7-10-29(36)28(30)17-12-25-20-38-19-22(3)40(25)47(43,44)27-15-13-26(45-4)14-16-27/h6-11,13-16,18,21-22,25,31-32,38H,12,17,19-20,37H2,1-5H3/t22-,25-,31+,32-/m0/s1. The van der Waals surface area contributed by atoms with Crippen LogP contribution in [0.3, 0.4) is 0 Å². The van der Waals surface area contributed by atoms with E-state index in [0.717, 1.165) is 17.6 Å². The molecular weight excluding hydrogens is 647 g/mol. The van der Waals surface area contributed by atoms with E-state index >= 15 is 4.39 Å². The van der Waals surface area contributed by atoms with Gasteiger partial charge >= 0.3 is 6.09 Å². The van der Waals surface area contributed by atoms with Crippen LogP contribution in [0.5, 0.6) is 5.75 Å². The minimum atomic E-state index is -3.94. The van der Waals surface area contributed by atoms with Gasteiger partial charge in [0.1, 0.15) is 11.6 Å². The summed E-state index contributed by atoms with van der Waals surface area (Å²) in [5, 5.41) is 3.74. The highest BCUT2D eigenvalue weighted by Gasteiger charge is 2.40. The molecule has 0 aliphatic carbocycles. The fourth-order valence-electron chi connectivity index (χ4n) is 6.27. The minimum absolute atomic E-state index is 0.00756. The fourth-order valence-corrected chi connectivity index (χ4v) is 8.31. The van der Waals surface area contributed by atoms with Gasteiger partial charge in [0.2, 0.25) is 10.0 Å². The molecule has 1 aliphatic rings. The molecule has 254 valence electrons. The number of anilines is 1. The van der Waals surface area contributed by atoms with Gasteiger partial charge in [0.15, 0.2) is 0 Å². The largest absolute Gasteiger partial charge is 0.497 e. The molecule has 0 unspecified atom stereocenters. The molecule has 3 aromatic carbocycles. The van der Waals surface area contributed by atoms with Crippen molar-refractivity contribution in [2.45, 2.75) is 62.6 Å². The number of methoxy groups -OCH3 is 2. The van der Waals surface area contributed by atoms with Crippen LogP contribution in [-0.2, 0) is 26.0 Å². The smallest absolute Gasteiger partial charge is 0.420 e. The number of imide groups is 1. The van der Waals surface area contributed by atoms with Gasteiger partial charge in [-0.05, 0) is 79.8 Å². The van der Waals surface area contributed by atoms with E-state index in [1.165, 1.54) is 41.7 Å². The predicted octanol–water partition coefficient (Wildman–Crippen LogP) is 5.34. The fraction of sp³-hybridized carbons (Fsp3) is 0.412. The summed E-state index contributed by atoms with van der Waals surface area (Å²) < 4.78 is 55.0. The van der Waals surface area contributed by atoms with Gasteiger partial charge in [0, 0.05) is 41.7 Å². The zero-order chi connectivity index (χ0) is 34.5. The van der Waals surface area contributed by atoms with Crippen LogP contribution in [0.15, 0.2) is 71.6 Å². The summed E-state index contributed by atoms with van der Waals surface area (Å²) in [5.74, 6) is -1.57. The Bertz CT molecular complexity index is 1670. The number of ether oxygens (including phenoxy) is 2. The first-order valence-corrected chi connectivity index (χ1v) is 17.2. The molecule has 10 nitrogen and oxygen atoms in total. The highest BCUT2D eigenvalue weighted by molar-refractivity contribution is 7.89. The molecule has 47 heavy (non-hydrogen) atoms. The lowest BCUT2D eigenvalue weighted by molar-refractivity contribution is -0.120. The molecule has 0 aromatic heterocycles. The Morgan fingerprint density at radius 1 is 1.09 bits per heavy atom. The second kappa shape index (κ2) is 15.6. The van der Waals surface area contributed by atoms with E-state index in [1.54, 1.807) is 37.3 Å². The van der Waals surface area contributed by atoms with Crippen LogP contribution in [0, 0.1) is 11.7 Å². The molecule has 3 aromatic rings. The van der Waals surface area contributed by atoms with Gasteiger partial charge in [-0.1, -0.05) is 43.6 Å². The highest BCUT2D eigenvalue weighted by atomic mass is 35.5. The van der Waals surface area contributed by atoms with Crippen molar-refractivity contribution in [1.29, 1.82) is 0 Å². The third-order valence-corrected chi connectivity index (χ3v) is 10.8. The maximum atomic E-state index is 15.6. The van der Waals surface area contributed by atoms with Crippen molar-refractivity contribution in [3.8, 4) is 5.75 Å². The highest BCUT2D eigenvalue weighted by Crippen LogP contribution is 2.34. The maximum Gasteiger partial charge on any atom is 0.420 e. The number of nitrogens with zero attached hydrogens (tertiary/aromatic N) is 2. The number of benzene rings is 3. The van der Waals surface area contributed by atoms with E-state index in [1.807, 2.05) is 19.9 Å². The molecule has 0 radical (unpaired) electrons. The van der Waals surface area contributed by atoms with Crippen molar-refractivity contribution >= 4 is 39.3 Å². The molecule has 4 rings (SSSR count). The molecule has 1 aliphatic heterocycles. The number of carbonyl (C=O) groups is 2. The zero-order valence-electron chi connectivity index (χ0n) is 27.2. The lowest BCUT2D eigenvalue weighted by Crippen LogP contribution is -2.58. The van der Waals surface area contributed by atoms with E-state index < -0.39 is 51.9 Å². The van der Waals surface area contributed by atoms with Gasteiger partial charge in [-0.25, -0.2) is 22.5 Å². The maximum absolute atomic E-state index is 15.6. The lowest BCUT2D eigenvalue weighted by Gasteiger charge is -2.40. The summed E-state index contributed by atoms with van der Waals surface area (Å²) in [5.41, 5.74) is 7.34. The first-order valence-electron chi connectivity index (χ1n) is 15.4. The number of piperazine rings is 1. The third kappa shape index (κ3) is 7.95. The first kappa shape index (κ1) is 36.3. The summed E-state index contributed by atoms with van der Waals surface area (Å²) >= 11 is 6.24. The van der Waals surface area contributed by atoms with Gasteiger partial charge < -0.3 is 20.5 Å². The molecule has 2 amide bonds. The molecule has 0 bridgehead atoms. The van der Waals surface area contributed by atoms with Crippen molar-refractivity contribution in [3.05, 3.63) is 88.7 Å². The van der Waals surface area contributed by atoms with Gasteiger partial charge in [-0.3, -0.25) is 4.79 Å². The lowest BCUT2D eigenvalue weighted by atomic mass is 9.82. The second-order valence-electron chi connectivity index (χ2n) is 11.9. The average Bonchev–Trinajstić information content (AvgIpc) is 3.04. The Labute approximate surface area is 281 Å². The Balaban J connectivity index is 1.67. The van der Waals surface area contributed by atoms with Crippen LogP contribution in [0.25, 0.3) is 0 Å². The summed E-state index contributed by atoms with van der Waals surface area (Å²) in [7, 11) is -1.31. The quantitative estimate of drug-likeness (QED) is 0.276. The number of hydrogen-bond donors (Lipinski definition) is 2. The normalized spacial score (nSPS) is 18.4. The van der Waals surface area contributed by atoms with Crippen LogP contribution in [0.1, 0.15) is 44.2 Å². The number of carbonyl (C=O) groups excluding carboxylic acids is 2. The molecule has 1 fully saturated rings. The molecule has 0 spiro atoms. The first-order chi connectivity index (χ1) is 22.3. The Morgan fingerprint density at radius 2 is 1.77 bits per heavy atom. The number of sulfonamides is 1. The van der Waals surface area contributed by atoms with E-state index in [-0.39, 0.29) is 34.9 Å². The van der Waals surface area contributed by atoms with Crippen LogP contribution in [-0.4, -0.2) is 70.2 Å². The van der Waals surface area contributed by atoms with E-state index in [2.05, 4.69) is 5.32 Å². The molecule has 1 saturated heterocycles. The average molecular weight is 689 g/mol. The SMILES string of the molecule is COC(=O)N(C(=O)[C@@H](N)[C@@H](c1cccc(Cl)c1)C(C)C)c1cccc(F)c1CC[C@H]1CNC[C@H](C)N1S(=O)(=O)c1ccc(OC)cc1. The number of hydrogen-bond acceptors (Lipinski definition) is 8. The molecular formula is C34H42ClFN4O6S. The summed E-state index contributed by atoms with van der Waals surface area (Å²) in [6, 6.07) is 15.1. The number of nitrogens with two attached hydrogens (primary N) is 1. The van der Waals surface area contributed by atoms with Crippen molar-refractivity contribution in [3.63, 3.8) is 0 Å². The molecule has 3 N–H and O–H groups in total. The number of halogens is 2. The monoisotopic (exact) mass is 688 g/mol. The number of amides is 2. The van der Waals surface area contributed by atoms with E-state index in [4.69, 9.17) is 26.8 Å². The van der Waals surface area contributed by atoms with Crippen LogP contribution < -0.4 is 20.7 Å². The molecule has 13 heteroatoms. The van der Waals surface area contributed by atoms with Gasteiger partial charge in [-0.2, -0.15) is 4.31 Å². The Hall–Kier alpha value is -3.55. The molecule has 4 atom stereocenters. The zero-order valence-corrected chi connectivity index (χ0v) is 28.7. The van der Waals surface area contributed by atoms with Crippen molar-refractivity contribution in [1.82, 2.24) is 9.62 Å². The van der Waals surface area contributed by atoms with E-state index in [0.29, 0.717) is 23.9 Å². The Morgan fingerprint density at radius 3 is 2.38 bits per heavy atom. The third-order valence-electron chi connectivity index (χ3n) is 8.51. The Kier molecular flexibility index (Phi) is 12.0. The van der Waals surface area contributed by atoms with Gasteiger partial charge in [0.05, 0.1) is 30.8 Å². The molecule has 0 saturated carbocycles. The van der Waals surface area contributed by atoms with Crippen molar-refractivity contribution in [2.24, 2.45) is 11.7 Å². The molecule has 1 heterocycles. The van der Waals surface area contributed by atoms with Gasteiger partial charge in [-0.15, -0.1) is 0 Å². The number of rotatable bonds is 11. The summed E-state index contributed by atoms with van der Waals surface area (Å²) in [4.78, 5) is 28.2. The number of nitrogens with one attached hydrogen (secondary N) is 1. The second-order valence-corrected chi connectivity index (χ2v) is 14.2. The van der Waals surface area contributed by atoms with Crippen LogP contribution >= 0.6 is 11.6 Å². The van der Waals surface area contributed by atoms with Gasteiger partial charge in [0.25, 0.3) is 5.91 Å². The van der Waals surface area contributed by atoms with Crippen molar-refractivity contribution < 1.29 is 31.9 Å². The van der Waals surface area contributed by atoms with Crippen molar-refractivity contribution in [2.75, 3.05) is 32.2 Å². The predicted molar refractivity (Wildman–Crippen MR) is 180 cm³/mol. The topological polar surface area (TPSA) is 131 Å². The van der Waals surface area contributed by atoms with E-state index in [9.17, 15) is 18.0 Å². The van der Waals surface area contributed by atoms with Crippen LogP contribution in [0.4, 0.5) is 14.9 Å². The summed E-state index contributed by atoms with van der Waals surface area (Å²) in [6.07, 6.45) is -0.830.